The van der Waals surface area contributed by atoms with Crippen LogP contribution in [0.1, 0.15) is 29.8 Å². The van der Waals surface area contributed by atoms with Gasteiger partial charge < -0.3 is 14.2 Å². The van der Waals surface area contributed by atoms with Crippen molar-refractivity contribution in [3.05, 3.63) is 29.3 Å². The zero-order chi connectivity index (χ0) is 15.4. The first-order valence-electron chi connectivity index (χ1n) is 7.10. The van der Waals surface area contributed by atoms with Gasteiger partial charge in [0.05, 0.1) is 13.0 Å². The zero-order valence-electron chi connectivity index (χ0n) is 12.5. The van der Waals surface area contributed by atoms with Crippen molar-refractivity contribution in [1.29, 1.82) is 0 Å². The Morgan fingerprint density at radius 3 is 2.52 bits per heavy atom. The van der Waals surface area contributed by atoms with Crippen LogP contribution >= 0.6 is 0 Å². The van der Waals surface area contributed by atoms with Gasteiger partial charge in [-0.2, -0.15) is 0 Å². The van der Waals surface area contributed by atoms with Crippen LogP contribution in [-0.2, 0) is 20.7 Å². The minimum absolute atomic E-state index is 0.182. The van der Waals surface area contributed by atoms with Gasteiger partial charge in [-0.05, 0) is 38.0 Å². The van der Waals surface area contributed by atoms with Gasteiger partial charge in [-0.3, -0.25) is 9.59 Å². The lowest BCUT2D eigenvalue weighted by atomic mass is 9.99. The average Bonchev–Trinajstić information content (AvgIpc) is 2.83. The fraction of sp³-hybridized carbons (Fsp3) is 0.500. The molecule has 114 valence electrons. The molecule has 0 N–H and O–H groups in total. The maximum Gasteiger partial charge on any atom is 0.218 e. The Labute approximate surface area is 124 Å². The Morgan fingerprint density at radius 1 is 1.29 bits per heavy atom. The molecule has 1 unspecified atom stereocenters. The molecule has 0 aromatic heterocycles. The first-order chi connectivity index (χ1) is 10.1. The van der Waals surface area contributed by atoms with Gasteiger partial charge in [-0.15, -0.1) is 0 Å². The van der Waals surface area contributed by atoms with Crippen molar-refractivity contribution < 1.29 is 23.8 Å². The summed E-state index contributed by atoms with van der Waals surface area (Å²) in [6.07, 6.45) is -0.571. The van der Waals surface area contributed by atoms with Gasteiger partial charge in [-0.1, -0.05) is 6.07 Å². The smallest absolute Gasteiger partial charge is 0.218 e. The Bertz CT molecular complexity index is 531. The molecule has 1 aliphatic rings. The summed E-state index contributed by atoms with van der Waals surface area (Å²) in [5, 5.41) is 0. The predicted octanol–water partition coefficient (Wildman–Crippen LogP) is 2.02. The van der Waals surface area contributed by atoms with Crippen LogP contribution in [0.2, 0.25) is 0 Å². The minimum Gasteiger partial charge on any atom is -0.497 e. The summed E-state index contributed by atoms with van der Waals surface area (Å²) in [7, 11) is 1.55. The van der Waals surface area contributed by atoms with E-state index in [0.29, 0.717) is 30.9 Å². The van der Waals surface area contributed by atoms with Crippen molar-refractivity contribution in [2.75, 3.05) is 20.3 Å². The van der Waals surface area contributed by atoms with Gasteiger partial charge in [0.2, 0.25) is 6.29 Å². The van der Waals surface area contributed by atoms with E-state index in [2.05, 4.69) is 0 Å². The first-order valence-corrected chi connectivity index (χ1v) is 7.10. The number of carbonyl (C=O) groups is 2. The van der Waals surface area contributed by atoms with E-state index in [0.717, 1.165) is 5.56 Å². The summed E-state index contributed by atoms with van der Waals surface area (Å²) in [5.41, 5.74) is 1.42. The number of hydrogen-bond donors (Lipinski definition) is 0. The number of Topliss-reactive ketones (excluding diaryl/α,β-unsaturated/α-hetero) is 2. The maximum absolute atomic E-state index is 12.5. The van der Waals surface area contributed by atoms with Crippen LogP contribution in [0.4, 0.5) is 0 Å². The van der Waals surface area contributed by atoms with Gasteiger partial charge in [0.15, 0.2) is 11.6 Å². The van der Waals surface area contributed by atoms with Crippen molar-refractivity contribution in [2.24, 2.45) is 5.92 Å². The molecule has 0 spiro atoms. The summed E-state index contributed by atoms with van der Waals surface area (Å²) in [6.45, 7) is 4.29. The highest BCUT2D eigenvalue weighted by Gasteiger charge is 2.39. The third-order valence-electron chi connectivity index (χ3n) is 3.53. The van der Waals surface area contributed by atoms with E-state index in [1.165, 1.54) is 0 Å². The van der Waals surface area contributed by atoms with Crippen molar-refractivity contribution >= 4 is 11.6 Å². The van der Waals surface area contributed by atoms with E-state index in [1.807, 2.05) is 6.07 Å². The molecule has 1 aliphatic carbocycles. The second kappa shape index (κ2) is 6.83. The zero-order valence-corrected chi connectivity index (χ0v) is 12.5. The van der Waals surface area contributed by atoms with E-state index >= 15 is 0 Å². The lowest BCUT2D eigenvalue weighted by Crippen LogP contribution is -2.35. The second-order valence-electron chi connectivity index (χ2n) is 4.79. The monoisotopic (exact) mass is 292 g/mol. The van der Waals surface area contributed by atoms with E-state index in [9.17, 15) is 9.59 Å². The Kier molecular flexibility index (Phi) is 5.09. The molecular formula is C16H20O5. The minimum atomic E-state index is -0.967. The van der Waals surface area contributed by atoms with Crippen LogP contribution in [0.15, 0.2) is 18.2 Å². The van der Waals surface area contributed by atoms with Gasteiger partial charge in [0.1, 0.15) is 5.75 Å². The fourth-order valence-electron chi connectivity index (χ4n) is 2.50. The molecule has 0 amide bonds. The van der Waals surface area contributed by atoms with Crippen molar-refractivity contribution in [1.82, 2.24) is 0 Å². The van der Waals surface area contributed by atoms with Crippen molar-refractivity contribution in [3.8, 4) is 5.75 Å². The van der Waals surface area contributed by atoms with Crippen LogP contribution in [-0.4, -0.2) is 38.2 Å². The SMILES string of the molecule is CCOC(OCC)C(=O)C1Cc2ccc(OC)cc2C1=O. The lowest BCUT2D eigenvalue weighted by molar-refractivity contribution is -0.170. The highest BCUT2D eigenvalue weighted by atomic mass is 16.7. The second-order valence-corrected chi connectivity index (χ2v) is 4.79. The molecule has 1 aromatic carbocycles. The number of ether oxygens (including phenoxy) is 3. The summed E-state index contributed by atoms with van der Waals surface area (Å²) in [5.74, 6) is -0.603. The van der Waals surface area contributed by atoms with Crippen LogP contribution in [0.3, 0.4) is 0 Å². The molecule has 2 rings (SSSR count). The van der Waals surface area contributed by atoms with Gasteiger partial charge in [0.25, 0.3) is 0 Å². The molecule has 5 nitrogen and oxygen atoms in total. The normalized spacial score (nSPS) is 17.1. The number of carbonyl (C=O) groups excluding carboxylic acids is 2. The molecule has 1 aromatic rings. The molecule has 0 heterocycles. The molecule has 1 atom stereocenters. The molecule has 21 heavy (non-hydrogen) atoms. The molecule has 0 radical (unpaired) electrons. The summed E-state index contributed by atoms with van der Waals surface area (Å²) >= 11 is 0. The van der Waals surface area contributed by atoms with Crippen molar-refractivity contribution in [2.45, 2.75) is 26.6 Å². The molecule has 0 saturated heterocycles. The quantitative estimate of drug-likeness (QED) is 0.568. The van der Waals surface area contributed by atoms with E-state index in [-0.39, 0.29) is 11.6 Å². The number of fused-ring (bicyclic) bond motifs is 1. The number of methoxy groups -OCH3 is 1. The molecule has 0 bridgehead atoms. The molecule has 0 saturated carbocycles. The number of ketones is 2. The lowest BCUT2D eigenvalue weighted by Gasteiger charge is -2.18. The maximum atomic E-state index is 12.5. The van der Waals surface area contributed by atoms with E-state index in [4.69, 9.17) is 14.2 Å². The largest absolute Gasteiger partial charge is 0.497 e. The molecule has 0 aliphatic heterocycles. The van der Waals surface area contributed by atoms with Gasteiger partial charge in [0, 0.05) is 18.8 Å². The van der Waals surface area contributed by atoms with E-state index in [1.54, 1.807) is 33.1 Å². The van der Waals surface area contributed by atoms with Crippen LogP contribution in [0.25, 0.3) is 0 Å². The third-order valence-corrected chi connectivity index (χ3v) is 3.53. The standard InChI is InChI=1S/C16H20O5/c1-4-20-16(21-5-2)15(18)13-8-10-6-7-11(19-3)9-12(10)14(13)17/h6-7,9,13,16H,4-5,8H2,1-3H3. The number of rotatable bonds is 7. The summed E-state index contributed by atoms with van der Waals surface area (Å²) in [6, 6.07) is 5.30. The third kappa shape index (κ3) is 3.14. The first kappa shape index (κ1) is 15.7. The number of hydrogen-bond acceptors (Lipinski definition) is 5. The van der Waals surface area contributed by atoms with E-state index < -0.39 is 12.2 Å². The molecule has 5 heteroatoms. The van der Waals surface area contributed by atoms with Gasteiger partial charge >= 0.3 is 0 Å². The summed E-state index contributed by atoms with van der Waals surface area (Å²) in [4.78, 5) is 24.9. The average molecular weight is 292 g/mol. The van der Waals surface area contributed by atoms with Gasteiger partial charge in [-0.25, -0.2) is 0 Å². The predicted molar refractivity (Wildman–Crippen MR) is 76.6 cm³/mol. The highest BCUT2D eigenvalue weighted by Crippen LogP contribution is 2.31. The highest BCUT2D eigenvalue weighted by molar-refractivity contribution is 6.15. The van der Waals surface area contributed by atoms with Crippen LogP contribution < -0.4 is 4.74 Å². The Balaban J connectivity index is 2.19. The Hall–Kier alpha value is -1.72. The van der Waals surface area contributed by atoms with Crippen LogP contribution in [0, 0.1) is 5.92 Å². The number of benzene rings is 1. The fourth-order valence-corrected chi connectivity index (χ4v) is 2.50. The van der Waals surface area contributed by atoms with Crippen LogP contribution in [0.5, 0.6) is 5.75 Å². The Morgan fingerprint density at radius 2 is 1.95 bits per heavy atom. The summed E-state index contributed by atoms with van der Waals surface area (Å²) < 4.78 is 15.7. The topological polar surface area (TPSA) is 61.8 Å². The van der Waals surface area contributed by atoms with Crippen molar-refractivity contribution in [3.63, 3.8) is 0 Å². The molecular weight excluding hydrogens is 272 g/mol. The molecule has 0 fully saturated rings.